The Morgan fingerprint density at radius 1 is 1.07 bits per heavy atom. The molecule has 1 aliphatic carbocycles. The van der Waals surface area contributed by atoms with Gasteiger partial charge < -0.3 is 5.32 Å². The number of nitrogens with zero attached hydrogens (tertiary/aromatic N) is 3. The number of hydrogen-bond donors (Lipinski definition) is 1. The van der Waals surface area contributed by atoms with Crippen LogP contribution in [-0.4, -0.2) is 32.9 Å². The molecule has 1 aromatic heterocycles. The van der Waals surface area contributed by atoms with Crippen LogP contribution in [-0.2, 0) is 16.0 Å². The number of fused-ring (bicyclic) bond motifs is 1. The second-order valence-electron chi connectivity index (χ2n) is 7.91. The van der Waals surface area contributed by atoms with Gasteiger partial charge in [0.2, 0.25) is 0 Å². The van der Waals surface area contributed by atoms with Crippen molar-refractivity contribution in [3.05, 3.63) is 82.9 Å². The molecule has 5 rings (SSSR count). The van der Waals surface area contributed by atoms with E-state index in [2.05, 4.69) is 21.5 Å². The Balaban J connectivity index is 1.56. The van der Waals surface area contributed by atoms with Crippen LogP contribution in [0.1, 0.15) is 41.1 Å². The zero-order valence-electron chi connectivity index (χ0n) is 16.2. The van der Waals surface area contributed by atoms with E-state index in [0.29, 0.717) is 5.02 Å². The third-order valence-corrected chi connectivity index (χ3v) is 6.50. The molecule has 1 saturated carbocycles. The molecule has 1 N–H and O–H groups in total. The molecule has 0 unspecified atom stereocenters. The first kappa shape index (κ1) is 19.2. The maximum Gasteiger partial charge on any atom is 0.170 e. The quantitative estimate of drug-likeness (QED) is 0.658. The first-order valence-corrected chi connectivity index (χ1v) is 10.5. The van der Waals surface area contributed by atoms with Crippen LogP contribution in [0.3, 0.4) is 0 Å². The Bertz CT molecular complexity index is 1080. The molecule has 30 heavy (non-hydrogen) atoms. The number of carbonyl (C=O) groups is 2. The number of halogens is 1. The van der Waals surface area contributed by atoms with Crippen LogP contribution in [0.2, 0.25) is 5.02 Å². The molecule has 0 saturated heterocycles. The average molecular weight is 421 g/mol. The molecule has 0 spiro atoms. The molecule has 0 radical (unpaired) electrons. The number of rotatable bonds is 3. The van der Waals surface area contributed by atoms with Crippen molar-refractivity contribution in [2.75, 3.05) is 6.54 Å². The van der Waals surface area contributed by atoms with Crippen molar-refractivity contribution in [1.82, 2.24) is 20.1 Å². The van der Waals surface area contributed by atoms with E-state index in [1.165, 1.54) is 11.9 Å². The standard InChI is InChI=1S/C23H21ClN4O2/c24-16-7-5-15(6-8-16)18-11-19(29)20(23(30)22(18)28-13-25-12-27-28)21-17-4-2-1-3-14(17)9-10-26-21/h1-8,12-13,18,20-22,26H,9-11H2/t18-,20-,21+,22-/m0/s1. The number of hydrogen-bond acceptors (Lipinski definition) is 5. The number of ketones is 2. The molecule has 152 valence electrons. The Hall–Kier alpha value is -2.83. The van der Waals surface area contributed by atoms with Crippen molar-refractivity contribution in [2.24, 2.45) is 5.92 Å². The fourth-order valence-corrected chi connectivity index (χ4v) is 4.99. The maximum atomic E-state index is 13.8. The van der Waals surface area contributed by atoms with E-state index in [4.69, 9.17) is 11.6 Å². The Morgan fingerprint density at radius 3 is 2.63 bits per heavy atom. The average Bonchev–Trinajstić information content (AvgIpc) is 3.28. The van der Waals surface area contributed by atoms with E-state index < -0.39 is 12.0 Å². The van der Waals surface area contributed by atoms with Crippen LogP contribution < -0.4 is 5.32 Å². The molecule has 7 heteroatoms. The molecule has 2 aromatic carbocycles. The second-order valence-corrected chi connectivity index (χ2v) is 8.35. The lowest BCUT2D eigenvalue weighted by Crippen LogP contribution is -2.48. The van der Waals surface area contributed by atoms with Gasteiger partial charge in [-0.25, -0.2) is 9.67 Å². The van der Waals surface area contributed by atoms with E-state index >= 15 is 0 Å². The SMILES string of the molecule is O=C1C[C@@H](c2ccc(Cl)cc2)[C@H](n2cncn2)C(=O)[C@@H]1[C@@H]1NCCc2ccccc21. The highest BCUT2D eigenvalue weighted by molar-refractivity contribution is 6.30. The minimum absolute atomic E-state index is 0.0366. The zero-order valence-corrected chi connectivity index (χ0v) is 17.0. The van der Waals surface area contributed by atoms with E-state index in [1.807, 2.05) is 30.3 Å². The van der Waals surface area contributed by atoms with Crippen molar-refractivity contribution in [3.63, 3.8) is 0 Å². The van der Waals surface area contributed by atoms with E-state index in [0.717, 1.165) is 24.1 Å². The highest BCUT2D eigenvalue weighted by atomic mass is 35.5. The second kappa shape index (κ2) is 7.78. The first-order chi connectivity index (χ1) is 14.6. The lowest BCUT2D eigenvalue weighted by molar-refractivity contribution is -0.141. The minimum atomic E-state index is -0.746. The lowest BCUT2D eigenvalue weighted by atomic mass is 9.69. The van der Waals surface area contributed by atoms with Gasteiger partial charge in [0.15, 0.2) is 5.78 Å². The third-order valence-electron chi connectivity index (χ3n) is 6.25. The summed E-state index contributed by atoms with van der Waals surface area (Å²) >= 11 is 6.05. The zero-order chi connectivity index (χ0) is 20.7. The van der Waals surface area contributed by atoms with Gasteiger partial charge in [0.05, 0.1) is 5.92 Å². The largest absolute Gasteiger partial charge is 0.309 e. The normalized spacial score (nSPS) is 26.4. The van der Waals surface area contributed by atoms with Crippen molar-refractivity contribution in [1.29, 1.82) is 0 Å². The number of Topliss-reactive ketones (excluding diaryl/α,β-unsaturated/α-hetero) is 2. The Labute approximate surface area is 179 Å². The molecule has 2 heterocycles. The topological polar surface area (TPSA) is 76.9 Å². The smallest absolute Gasteiger partial charge is 0.170 e. The number of carbonyl (C=O) groups excluding carboxylic acids is 2. The van der Waals surface area contributed by atoms with Crippen LogP contribution in [0.5, 0.6) is 0 Å². The summed E-state index contributed by atoms with van der Waals surface area (Å²) in [6, 6.07) is 14.5. The lowest BCUT2D eigenvalue weighted by Gasteiger charge is -2.39. The van der Waals surface area contributed by atoms with Gasteiger partial charge in [0, 0.05) is 23.4 Å². The summed E-state index contributed by atoms with van der Waals surface area (Å²) in [5, 5.41) is 8.30. The molecule has 0 amide bonds. The molecular weight excluding hydrogens is 400 g/mol. The van der Waals surface area contributed by atoms with Gasteiger partial charge in [0.25, 0.3) is 0 Å². The van der Waals surface area contributed by atoms with Gasteiger partial charge in [-0.15, -0.1) is 0 Å². The van der Waals surface area contributed by atoms with Gasteiger partial charge in [-0.05, 0) is 41.8 Å². The minimum Gasteiger partial charge on any atom is -0.309 e. The van der Waals surface area contributed by atoms with Crippen molar-refractivity contribution < 1.29 is 9.59 Å². The fourth-order valence-electron chi connectivity index (χ4n) is 4.87. The number of benzene rings is 2. The van der Waals surface area contributed by atoms with Crippen LogP contribution in [0.15, 0.2) is 61.2 Å². The molecule has 0 bridgehead atoms. The molecule has 4 atom stereocenters. The van der Waals surface area contributed by atoms with Crippen LogP contribution in [0.25, 0.3) is 0 Å². The van der Waals surface area contributed by atoms with E-state index in [1.54, 1.807) is 23.1 Å². The highest BCUT2D eigenvalue weighted by Gasteiger charge is 2.49. The fraction of sp³-hybridized carbons (Fsp3) is 0.304. The van der Waals surface area contributed by atoms with Gasteiger partial charge in [-0.3, -0.25) is 9.59 Å². The van der Waals surface area contributed by atoms with Gasteiger partial charge in [-0.1, -0.05) is 48.0 Å². The summed E-state index contributed by atoms with van der Waals surface area (Å²) in [5.41, 5.74) is 3.13. The van der Waals surface area contributed by atoms with Crippen LogP contribution >= 0.6 is 11.6 Å². The highest BCUT2D eigenvalue weighted by Crippen LogP contribution is 2.44. The van der Waals surface area contributed by atoms with Crippen molar-refractivity contribution in [3.8, 4) is 0 Å². The molecule has 3 aromatic rings. The summed E-state index contributed by atoms with van der Waals surface area (Å²) < 4.78 is 1.59. The summed E-state index contributed by atoms with van der Waals surface area (Å²) in [7, 11) is 0. The molecule has 1 fully saturated rings. The van der Waals surface area contributed by atoms with E-state index in [-0.39, 0.29) is 29.9 Å². The molecule has 2 aliphatic rings. The molecular formula is C23H21ClN4O2. The third kappa shape index (κ3) is 3.26. The van der Waals surface area contributed by atoms with Crippen molar-refractivity contribution in [2.45, 2.75) is 30.8 Å². The first-order valence-electron chi connectivity index (χ1n) is 10.1. The summed E-state index contributed by atoms with van der Waals surface area (Å²) in [4.78, 5) is 31.2. The van der Waals surface area contributed by atoms with Gasteiger partial charge >= 0.3 is 0 Å². The molecule has 6 nitrogen and oxygen atoms in total. The monoisotopic (exact) mass is 420 g/mol. The van der Waals surface area contributed by atoms with Crippen molar-refractivity contribution >= 4 is 23.2 Å². The van der Waals surface area contributed by atoms with Gasteiger partial charge in [-0.2, -0.15) is 5.10 Å². The summed E-state index contributed by atoms with van der Waals surface area (Å²) in [6.07, 6.45) is 4.14. The van der Waals surface area contributed by atoms with Gasteiger partial charge in [0.1, 0.15) is 24.5 Å². The summed E-state index contributed by atoms with van der Waals surface area (Å²) in [6.45, 7) is 0.743. The summed E-state index contributed by atoms with van der Waals surface area (Å²) in [5.74, 6) is -1.21. The Morgan fingerprint density at radius 2 is 1.87 bits per heavy atom. The van der Waals surface area contributed by atoms with E-state index in [9.17, 15) is 9.59 Å². The Kier molecular flexibility index (Phi) is 4.97. The predicted molar refractivity (Wildman–Crippen MR) is 112 cm³/mol. The van der Waals surface area contributed by atoms with Crippen LogP contribution in [0, 0.1) is 5.92 Å². The number of aromatic nitrogens is 3. The van der Waals surface area contributed by atoms with Crippen LogP contribution in [0.4, 0.5) is 0 Å². The molecule has 1 aliphatic heterocycles. The number of nitrogens with one attached hydrogen (secondary N) is 1. The maximum absolute atomic E-state index is 13.8. The predicted octanol–water partition coefficient (Wildman–Crippen LogP) is 3.30.